The standard InChI is InChI=1S/C25H28N6O2/c1-2-19-8-9-28-31(19)24(3-1)29-18-4-6-21(7-5-18)33-23-17-20(30-12-14-32-15-13-30)16-22-25(23)27-11-10-26-22/h1-3,8-11,16-18,21,29H,4-7,12-15H2. The maximum Gasteiger partial charge on any atom is 0.149 e. The third kappa shape index (κ3) is 4.18. The van der Waals surface area contributed by atoms with Crippen molar-refractivity contribution >= 4 is 28.1 Å². The summed E-state index contributed by atoms with van der Waals surface area (Å²) >= 11 is 0. The van der Waals surface area contributed by atoms with E-state index in [-0.39, 0.29) is 6.10 Å². The van der Waals surface area contributed by atoms with Gasteiger partial charge in [0, 0.05) is 43.3 Å². The monoisotopic (exact) mass is 444 g/mol. The van der Waals surface area contributed by atoms with E-state index < -0.39 is 0 Å². The van der Waals surface area contributed by atoms with Gasteiger partial charge in [0.05, 0.1) is 36.5 Å². The molecule has 2 aliphatic rings. The number of anilines is 2. The molecule has 0 amide bonds. The van der Waals surface area contributed by atoms with Gasteiger partial charge in [-0.3, -0.25) is 4.98 Å². The van der Waals surface area contributed by atoms with Crippen LogP contribution < -0.4 is 15.0 Å². The van der Waals surface area contributed by atoms with Crippen LogP contribution in [-0.4, -0.2) is 58.0 Å². The van der Waals surface area contributed by atoms with Crippen LogP contribution in [0.2, 0.25) is 0 Å². The highest BCUT2D eigenvalue weighted by Crippen LogP contribution is 2.33. The van der Waals surface area contributed by atoms with Gasteiger partial charge in [0.15, 0.2) is 0 Å². The van der Waals surface area contributed by atoms with Gasteiger partial charge in [-0.1, -0.05) is 6.07 Å². The molecule has 6 rings (SSSR count). The second-order valence-corrected chi connectivity index (χ2v) is 8.78. The molecule has 0 unspecified atom stereocenters. The molecule has 170 valence electrons. The van der Waals surface area contributed by atoms with Gasteiger partial charge in [-0.25, -0.2) is 9.50 Å². The Bertz CT molecular complexity index is 1240. The van der Waals surface area contributed by atoms with Gasteiger partial charge >= 0.3 is 0 Å². The van der Waals surface area contributed by atoms with Gasteiger partial charge in [-0.05, 0) is 49.9 Å². The number of aromatic nitrogens is 4. The third-order valence-corrected chi connectivity index (χ3v) is 6.64. The highest BCUT2D eigenvalue weighted by atomic mass is 16.5. The molecule has 0 radical (unpaired) electrons. The van der Waals surface area contributed by atoms with Gasteiger partial charge < -0.3 is 19.7 Å². The maximum absolute atomic E-state index is 6.55. The molecule has 1 aliphatic carbocycles. The van der Waals surface area contributed by atoms with Crippen molar-refractivity contribution in [3.05, 3.63) is 55.0 Å². The van der Waals surface area contributed by atoms with Crippen LogP contribution in [0.15, 0.2) is 55.0 Å². The van der Waals surface area contributed by atoms with E-state index in [0.29, 0.717) is 6.04 Å². The number of ether oxygens (including phenoxy) is 2. The first-order valence-electron chi connectivity index (χ1n) is 11.8. The molecule has 8 heteroatoms. The Balaban J connectivity index is 1.16. The number of hydrogen-bond donors (Lipinski definition) is 1. The lowest BCUT2D eigenvalue weighted by Gasteiger charge is -2.31. The Kier molecular flexibility index (Phi) is 5.43. The van der Waals surface area contributed by atoms with E-state index in [0.717, 1.165) is 85.8 Å². The Morgan fingerprint density at radius 3 is 2.67 bits per heavy atom. The first-order valence-corrected chi connectivity index (χ1v) is 11.8. The molecule has 0 spiro atoms. The summed E-state index contributed by atoms with van der Waals surface area (Å²) in [7, 11) is 0. The van der Waals surface area contributed by atoms with Crippen LogP contribution in [0.5, 0.6) is 5.75 Å². The molecule has 2 fully saturated rings. The van der Waals surface area contributed by atoms with Crippen LogP contribution in [0.3, 0.4) is 0 Å². The lowest BCUT2D eigenvalue weighted by atomic mass is 9.93. The van der Waals surface area contributed by atoms with E-state index in [1.54, 1.807) is 12.4 Å². The Morgan fingerprint density at radius 2 is 1.79 bits per heavy atom. The van der Waals surface area contributed by atoms with E-state index in [1.807, 2.05) is 16.8 Å². The minimum atomic E-state index is 0.175. The summed E-state index contributed by atoms with van der Waals surface area (Å²) in [5.41, 5.74) is 3.94. The largest absolute Gasteiger partial charge is 0.488 e. The fourth-order valence-electron chi connectivity index (χ4n) is 4.90. The Hall–Kier alpha value is -3.39. The molecule has 0 atom stereocenters. The Morgan fingerprint density at radius 1 is 0.939 bits per heavy atom. The minimum Gasteiger partial charge on any atom is -0.488 e. The smallest absolute Gasteiger partial charge is 0.149 e. The van der Waals surface area contributed by atoms with Gasteiger partial charge in [-0.15, -0.1) is 0 Å². The predicted molar refractivity (Wildman–Crippen MR) is 128 cm³/mol. The van der Waals surface area contributed by atoms with Crippen molar-refractivity contribution < 1.29 is 9.47 Å². The second-order valence-electron chi connectivity index (χ2n) is 8.78. The van der Waals surface area contributed by atoms with Gasteiger partial charge in [0.1, 0.15) is 17.1 Å². The van der Waals surface area contributed by atoms with Gasteiger partial charge in [0.25, 0.3) is 0 Å². The maximum atomic E-state index is 6.55. The summed E-state index contributed by atoms with van der Waals surface area (Å²) in [6.07, 6.45) is 9.58. The molecule has 1 N–H and O–H groups in total. The summed E-state index contributed by atoms with van der Waals surface area (Å²) in [6.45, 7) is 3.26. The molecule has 1 aliphatic heterocycles. The van der Waals surface area contributed by atoms with Crippen molar-refractivity contribution in [1.29, 1.82) is 0 Å². The zero-order valence-corrected chi connectivity index (χ0v) is 18.6. The number of nitrogens with zero attached hydrogens (tertiary/aromatic N) is 5. The van der Waals surface area contributed by atoms with Crippen molar-refractivity contribution in [3.63, 3.8) is 0 Å². The molecule has 4 aromatic rings. The van der Waals surface area contributed by atoms with E-state index in [4.69, 9.17) is 9.47 Å². The molecule has 3 aromatic heterocycles. The summed E-state index contributed by atoms with van der Waals surface area (Å²) in [6, 6.07) is 12.9. The van der Waals surface area contributed by atoms with Crippen LogP contribution >= 0.6 is 0 Å². The number of morpholine rings is 1. The average molecular weight is 445 g/mol. The van der Waals surface area contributed by atoms with Crippen molar-refractivity contribution in [1.82, 2.24) is 19.6 Å². The zero-order chi connectivity index (χ0) is 22.0. The first-order chi connectivity index (χ1) is 16.3. The number of pyridine rings is 1. The number of rotatable bonds is 5. The van der Waals surface area contributed by atoms with Crippen molar-refractivity contribution in [2.24, 2.45) is 0 Å². The van der Waals surface area contributed by atoms with E-state index in [2.05, 4.69) is 55.6 Å². The lowest BCUT2D eigenvalue weighted by Crippen LogP contribution is -2.36. The summed E-state index contributed by atoms with van der Waals surface area (Å²) in [4.78, 5) is 11.5. The van der Waals surface area contributed by atoms with Crippen molar-refractivity contribution in [3.8, 4) is 5.75 Å². The third-order valence-electron chi connectivity index (χ3n) is 6.64. The molecule has 4 heterocycles. The molecule has 0 bridgehead atoms. The van der Waals surface area contributed by atoms with Crippen LogP contribution in [0.25, 0.3) is 16.6 Å². The molecular weight excluding hydrogens is 416 g/mol. The van der Waals surface area contributed by atoms with Gasteiger partial charge in [-0.2, -0.15) is 5.10 Å². The fourth-order valence-corrected chi connectivity index (χ4v) is 4.90. The molecule has 33 heavy (non-hydrogen) atoms. The van der Waals surface area contributed by atoms with Crippen LogP contribution in [0.4, 0.5) is 11.5 Å². The highest BCUT2D eigenvalue weighted by Gasteiger charge is 2.24. The number of fused-ring (bicyclic) bond motifs is 2. The predicted octanol–water partition coefficient (Wildman–Crippen LogP) is 3.92. The van der Waals surface area contributed by atoms with Crippen LogP contribution in [0, 0.1) is 0 Å². The number of hydrogen-bond acceptors (Lipinski definition) is 7. The van der Waals surface area contributed by atoms with Crippen molar-refractivity contribution in [2.45, 2.75) is 37.8 Å². The topological polar surface area (TPSA) is 76.8 Å². The molecular formula is C25H28N6O2. The SMILES string of the molecule is c1cc(NC2CCC(Oc3cc(N4CCOCC4)cc4nccnc34)CC2)n2nccc2c1. The van der Waals surface area contributed by atoms with Crippen molar-refractivity contribution in [2.75, 3.05) is 36.5 Å². The normalized spacial score (nSPS) is 21.4. The second kappa shape index (κ2) is 8.86. The lowest BCUT2D eigenvalue weighted by molar-refractivity contribution is 0.122. The average Bonchev–Trinajstić information content (AvgIpc) is 3.36. The number of benzene rings is 1. The molecule has 1 aromatic carbocycles. The number of nitrogens with one attached hydrogen (secondary N) is 1. The van der Waals surface area contributed by atoms with E-state index >= 15 is 0 Å². The molecule has 1 saturated heterocycles. The van der Waals surface area contributed by atoms with E-state index in [1.165, 1.54) is 0 Å². The highest BCUT2D eigenvalue weighted by molar-refractivity contribution is 5.85. The fraction of sp³-hybridized carbons (Fsp3) is 0.400. The summed E-state index contributed by atoms with van der Waals surface area (Å²) in [5, 5.41) is 8.12. The quantitative estimate of drug-likeness (QED) is 0.500. The zero-order valence-electron chi connectivity index (χ0n) is 18.6. The molecule has 8 nitrogen and oxygen atoms in total. The van der Waals surface area contributed by atoms with E-state index in [9.17, 15) is 0 Å². The molecule has 1 saturated carbocycles. The summed E-state index contributed by atoms with van der Waals surface area (Å²) in [5.74, 6) is 1.88. The minimum absolute atomic E-state index is 0.175. The van der Waals surface area contributed by atoms with Crippen LogP contribution in [-0.2, 0) is 4.74 Å². The summed E-state index contributed by atoms with van der Waals surface area (Å²) < 4.78 is 14.0. The van der Waals surface area contributed by atoms with Crippen LogP contribution in [0.1, 0.15) is 25.7 Å². The Labute approximate surface area is 192 Å². The first kappa shape index (κ1) is 20.2. The van der Waals surface area contributed by atoms with Gasteiger partial charge in [0.2, 0.25) is 0 Å².